The molecule has 2 aliphatic rings. The highest BCUT2D eigenvalue weighted by atomic mass is 16.6. The summed E-state index contributed by atoms with van der Waals surface area (Å²) >= 11 is 0. The fourth-order valence-electron chi connectivity index (χ4n) is 2.77. The van der Waals surface area contributed by atoms with Crippen LogP contribution in [0, 0.1) is 0 Å². The first-order chi connectivity index (χ1) is 10.8. The topological polar surface area (TPSA) is 62.8 Å². The Bertz CT molecular complexity index is 503. The van der Waals surface area contributed by atoms with E-state index >= 15 is 0 Å². The van der Waals surface area contributed by atoms with Gasteiger partial charge in [-0.2, -0.15) is 0 Å². The van der Waals surface area contributed by atoms with Crippen molar-refractivity contribution in [2.45, 2.75) is 19.1 Å². The van der Waals surface area contributed by atoms with E-state index in [9.17, 15) is 4.79 Å². The molecule has 22 heavy (non-hydrogen) atoms. The zero-order valence-electron chi connectivity index (χ0n) is 12.7. The molecular formula is C16H23N3O3. The van der Waals surface area contributed by atoms with Gasteiger partial charge in [0.15, 0.2) is 0 Å². The first kappa shape index (κ1) is 15.1. The van der Waals surface area contributed by atoms with Gasteiger partial charge in [-0.3, -0.25) is 0 Å². The summed E-state index contributed by atoms with van der Waals surface area (Å²) in [6.07, 6.45) is 1.09. The quantitative estimate of drug-likeness (QED) is 0.834. The Labute approximate surface area is 130 Å². The fourth-order valence-corrected chi connectivity index (χ4v) is 2.77. The third-order valence-corrected chi connectivity index (χ3v) is 3.99. The number of rotatable bonds is 6. The zero-order valence-corrected chi connectivity index (χ0v) is 12.7. The van der Waals surface area contributed by atoms with Crippen molar-refractivity contribution >= 4 is 11.7 Å². The number of hydrogen-bond acceptors (Lipinski definition) is 4. The van der Waals surface area contributed by atoms with Crippen LogP contribution in [0.25, 0.3) is 0 Å². The van der Waals surface area contributed by atoms with Gasteiger partial charge in [-0.1, -0.05) is 18.2 Å². The molecule has 0 spiro atoms. The number of nitrogens with one attached hydrogen (secondary N) is 2. The normalized spacial score (nSPS) is 21.7. The van der Waals surface area contributed by atoms with Gasteiger partial charge in [0.25, 0.3) is 0 Å². The summed E-state index contributed by atoms with van der Waals surface area (Å²) in [7, 11) is 0. The number of anilines is 1. The second kappa shape index (κ2) is 7.47. The van der Waals surface area contributed by atoms with Gasteiger partial charge in [-0.25, -0.2) is 4.79 Å². The molecule has 120 valence electrons. The highest BCUT2D eigenvalue weighted by Crippen LogP contribution is 2.18. The number of para-hydroxylation sites is 1. The molecule has 0 aromatic heterocycles. The average Bonchev–Trinajstić information content (AvgIpc) is 2.95. The summed E-state index contributed by atoms with van der Waals surface area (Å²) in [5.41, 5.74) is 2.22. The lowest BCUT2D eigenvalue weighted by Crippen LogP contribution is -2.30. The lowest BCUT2D eigenvalue weighted by molar-refractivity contribution is -0.0892. The van der Waals surface area contributed by atoms with Crippen LogP contribution in [0.15, 0.2) is 24.3 Å². The van der Waals surface area contributed by atoms with Crippen molar-refractivity contribution in [3.63, 3.8) is 0 Å². The van der Waals surface area contributed by atoms with Crippen LogP contribution in [0.2, 0.25) is 0 Å². The minimum absolute atomic E-state index is 0.0163. The number of hydrogen-bond donors (Lipinski definition) is 2. The molecule has 1 atom stereocenters. The second-order valence-corrected chi connectivity index (χ2v) is 5.59. The number of urea groups is 1. The molecule has 6 nitrogen and oxygen atoms in total. The van der Waals surface area contributed by atoms with Crippen molar-refractivity contribution in [3.8, 4) is 0 Å². The molecule has 2 saturated heterocycles. The zero-order chi connectivity index (χ0) is 15.2. The highest BCUT2D eigenvalue weighted by Gasteiger charge is 2.20. The molecule has 6 heteroatoms. The number of carbonyl (C=O) groups is 1. The minimum atomic E-state index is 0.0163. The van der Waals surface area contributed by atoms with Crippen molar-refractivity contribution in [1.82, 2.24) is 10.2 Å². The predicted molar refractivity (Wildman–Crippen MR) is 83.9 cm³/mol. The smallest absolute Gasteiger partial charge is 0.317 e. The summed E-state index contributed by atoms with van der Waals surface area (Å²) in [6, 6.07) is 8.15. The van der Waals surface area contributed by atoms with E-state index in [1.807, 2.05) is 17.0 Å². The van der Waals surface area contributed by atoms with Gasteiger partial charge >= 0.3 is 6.03 Å². The molecule has 0 aliphatic carbocycles. The van der Waals surface area contributed by atoms with Gasteiger partial charge in [0, 0.05) is 31.9 Å². The van der Waals surface area contributed by atoms with Gasteiger partial charge in [-0.05, 0) is 18.1 Å². The van der Waals surface area contributed by atoms with E-state index in [1.54, 1.807) is 0 Å². The summed E-state index contributed by atoms with van der Waals surface area (Å²) in [5.74, 6) is 0. The van der Waals surface area contributed by atoms with Crippen LogP contribution in [0.5, 0.6) is 0 Å². The standard InChI is InChI=1S/C16H23N3O3/c20-16-18-7-8-19(16)11-13-3-1-2-4-15(13)17-6-5-14-12-21-9-10-22-14/h1-4,14,17H,5-12H2,(H,18,20). The van der Waals surface area contributed by atoms with Crippen molar-refractivity contribution in [2.75, 3.05) is 44.8 Å². The van der Waals surface area contributed by atoms with Gasteiger partial charge in [0.2, 0.25) is 0 Å². The van der Waals surface area contributed by atoms with Crippen LogP contribution in [0.3, 0.4) is 0 Å². The Balaban J connectivity index is 1.53. The molecular weight excluding hydrogens is 282 g/mol. The maximum Gasteiger partial charge on any atom is 0.317 e. The molecule has 2 fully saturated rings. The number of nitrogens with zero attached hydrogens (tertiary/aromatic N) is 1. The Hall–Kier alpha value is -1.79. The monoisotopic (exact) mass is 305 g/mol. The third kappa shape index (κ3) is 3.90. The first-order valence-electron chi connectivity index (χ1n) is 7.87. The Kier molecular flexibility index (Phi) is 5.13. The van der Waals surface area contributed by atoms with Crippen LogP contribution in [-0.4, -0.2) is 56.5 Å². The largest absolute Gasteiger partial charge is 0.385 e. The first-order valence-corrected chi connectivity index (χ1v) is 7.87. The van der Waals surface area contributed by atoms with E-state index in [0.717, 1.165) is 37.3 Å². The number of carbonyl (C=O) groups excluding carboxylic acids is 1. The Morgan fingerprint density at radius 1 is 1.32 bits per heavy atom. The minimum Gasteiger partial charge on any atom is -0.385 e. The molecule has 1 unspecified atom stereocenters. The van der Waals surface area contributed by atoms with Gasteiger partial charge in [-0.15, -0.1) is 0 Å². The third-order valence-electron chi connectivity index (χ3n) is 3.99. The summed E-state index contributed by atoms with van der Waals surface area (Å²) in [5, 5.41) is 6.29. The average molecular weight is 305 g/mol. The van der Waals surface area contributed by atoms with Crippen LogP contribution in [-0.2, 0) is 16.0 Å². The molecule has 2 N–H and O–H groups in total. The lowest BCUT2D eigenvalue weighted by atomic mass is 10.1. The fraction of sp³-hybridized carbons (Fsp3) is 0.562. The molecule has 2 aliphatic heterocycles. The van der Waals surface area contributed by atoms with E-state index in [0.29, 0.717) is 26.4 Å². The second-order valence-electron chi connectivity index (χ2n) is 5.59. The lowest BCUT2D eigenvalue weighted by Gasteiger charge is -2.23. The maximum absolute atomic E-state index is 11.7. The Morgan fingerprint density at radius 2 is 2.23 bits per heavy atom. The molecule has 2 heterocycles. The van der Waals surface area contributed by atoms with E-state index in [1.165, 1.54) is 0 Å². The van der Waals surface area contributed by atoms with Crippen molar-refractivity contribution in [2.24, 2.45) is 0 Å². The van der Waals surface area contributed by atoms with Crippen molar-refractivity contribution in [1.29, 1.82) is 0 Å². The van der Waals surface area contributed by atoms with E-state index in [-0.39, 0.29) is 12.1 Å². The Morgan fingerprint density at radius 3 is 3.00 bits per heavy atom. The predicted octanol–water partition coefficient (Wildman–Crippen LogP) is 1.43. The van der Waals surface area contributed by atoms with Crippen molar-refractivity contribution < 1.29 is 14.3 Å². The summed E-state index contributed by atoms with van der Waals surface area (Å²) in [6.45, 7) is 5.02. The van der Waals surface area contributed by atoms with Gasteiger partial charge in [0.05, 0.1) is 25.9 Å². The molecule has 0 saturated carbocycles. The molecule has 2 amide bonds. The number of amides is 2. The SMILES string of the molecule is O=C1NCCN1Cc1ccccc1NCCC1COCCO1. The molecule has 0 bridgehead atoms. The van der Waals surface area contributed by atoms with Crippen LogP contribution < -0.4 is 10.6 Å². The van der Waals surface area contributed by atoms with Crippen LogP contribution >= 0.6 is 0 Å². The van der Waals surface area contributed by atoms with Crippen molar-refractivity contribution in [3.05, 3.63) is 29.8 Å². The number of ether oxygens (including phenoxy) is 2. The molecule has 1 aromatic carbocycles. The van der Waals surface area contributed by atoms with Crippen LogP contribution in [0.1, 0.15) is 12.0 Å². The van der Waals surface area contributed by atoms with E-state index in [4.69, 9.17) is 9.47 Å². The maximum atomic E-state index is 11.7. The summed E-state index contributed by atoms with van der Waals surface area (Å²) < 4.78 is 11.0. The molecule has 3 rings (SSSR count). The van der Waals surface area contributed by atoms with E-state index < -0.39 is 0 Å². The summed E-state index contributed by atoms with van der Waals surface area (Å²) in [4.78, 5) is 13.5. The highest BCUT2D eigenvalue weighted by molar-refractivity contribution is 5.76. The van der Waals surface area contributed by atoms with Gasteiger partial charge < -0.3 is 25.0 Å². The molecule has 1 aromatic rings. The molecule has 0 radical (unpaired) electrons. The van der Waals surface area contributed by atoms with Gasteiger partial charge in [0.1, 0.15) is 0 Å². The van der Waals surface area contributed by atoms with E-state index in [2.05, 4.69) is 22.8 Å². The number of benzene rings is 1. The van der Waals surface area contributed by atoms with Crippen LogP contribution in [0.4, 0.5) is 10.5 Å².